The maximum absolute atomic E-state index is 11.4. The molecule has 0 aliphatic rings. The van der Waals surface area contributed by atoms with E-state index in [0.29, 0.717) is 19.7 Å². The minimum absolute atomic E-state index is 0.0606. The monoisotopic (exact) mass is 230 g/mol. The Labute approximate surface area is 99.1 Å². The van der Waals surface area contributed by atoms with Gasteiger partial charge in [-0.3, -0.25) is 4.79 Å². The second-order valence-electron chi connectivity index (χ2n) is 4.35. The molecule has 0 bridgehead atoms. The first-order valence-corrected chi connectivity index (χ1v) is 6.18. The summed E-state index contributed by atoms with van der Waals surface area (Å²) in [6.07, 6.45) is 2.37. The van der Waals surface area contributed by atoms with E-state index in [-0.39, 0.29) is 18.1 Å². The Hall–Kier alpha value is -0.610. The second-order valence-corrected chi connectivity index (χ2v) is 4.35. The molecule has 16 heavy (non-hydrogen) atoms. The topological polar surface area (TPSA) is 50.4 Å². The number of carbonyl (C=O) groups excluding carboxylic acids is 1. The van der Waals surface area contributed by atoms with Crippen molar-refractivity contribution in [3.05, 3.63) is 0 Å². The zero-order chi connectivity index (χ0) is 12.4. The zero-order valence-corrected chi connectivity index (χ0v) is 11.0. The van der Waals surface area contributed by atoms with Gasteiger partial charge in [0.1, 0.15) is 0 Å². The fourth-order valence-corrected chi connectivity index (χ4v) is 1.40. The quantitative estimate of drug-likeness (QED) is 0.587. The van der Waals surface area contributed by atoms with E-state index in [2.05, 4.69) is 17.6 Å². The number of hydrogen-bond donors (Lipinski definition) is 2. The van der Waals surface area contributed by atoms with Crippen LogP contribution < -0.4 is 10.6 Å². The van der Waals surface area contributed by atoms with Crippen molar-refractivity contribution < 1.29 is 9.53 Å². The van der Waals surface area contributed by atoms with Crippen LogP contribution in [0.25, 0.3) is 0 Å². The molecular formula is C12H26N2O2. The number of amides is 1. The van der Waals surface area contributed by atoms with Gasteiger partial charge in [0.2, 0.25) is 5.91 Å². The van der Waals surface area contributed by atoms with Crippen molar-refractivity contribution in [2.24, 2.45) is 0 Å². The lowest BCUT2D eigenvalue weighted by molar-refractivity contribution is -0.120. The van der Waals surface area contributed by atoms with Crippen molar-refractivity contribution in [2.45, 2.75) is 52.7 Å². The van der Waals surface area contributed by atoms with E-state index in [9.17, 15) is 4.79 Å². The van der Waals surface area contributed by atoms with Crippen LogP contribution in [0.15, 0.2) is 0 Å². The highest BCUT2D eigenvalue weighted by atomic mass is 16.5. The van der Waals surface area contributed by atoms with E-state index in [4.69, 9.17) is 4.74 Å². The van der Waals surface area contributed by atoms with E-state index in [0.717, 1.165) is 12.8 Å². The van der Waals surface area contributed by atoms with Gasteiger partial charge in [0.25, 0.3) is 0 Å². The summed E-state index contributed by atoms with van der Waals surface area (Å²) in [5.41, 5.74) is 0. The lowest BCUT2D eigenvalue weighted by Crippen LogP contribution is -2.39. The Morgan fingerprint density at radius 3 is 2.56 bits per heavy atom. The van der Waals surface area contributed by atoms with Crippen LogP contribution in [0.5, 0.6) is 0 Å². The third-order valence-electron chi connectivity index (χ3n) is 2.14. The van der Waals surface area contributed by atoms with Crippen LogP contribution in [-0.2, 0) is 9.53 Å². The van der Waals surface area contributed by atoms with Gasteiger partial charge in [-0.25, -0.2) is 0 Å². The first kappa shape index (κ1) is 15.4. The van der Waals surface area contributed by atoms with Gasteiger partial charge in [-0.05, 0) is 27.2 Å². The largest absolute Gasteiger partial charge is 0.377 e. The van der Waals surface area contributed by atoms with Crippen LogP contribution >= 0.6 is 0 Å². The molecular weight excluding hydrogens is 204 g/mol. The standard InChI is InChI=1S/C12H26N2O2/c1-5-6-11(4)14-12(15)9-13-7-8-16-10(2)3/h10-11,13H,5-9H2,1-4H3,(H,14,15). The molecule has 0 saturated heterocycles. The van der Waals surface area contributed by atoms with Crippen LogP contribution in [0.1, 0.15) is 40.5 Å². The van der Waals surface area contributed by atoms with Gasteiger partial charge in [0.05, 0.1) is 19.3 Å². The predicted octanol–water partition coefficient (Wildman–Crippen LogP) is 1.31. The molecule has 2 N–H and O–H groups in total. The average Bonchev–Trinajstić information content (AvgIpc) is 2.16. The molecule has 0 fully saturated rings. The molecule has 0 aliphatic carbocycles. The van der Waals surface area contributed by atoms with Crippen molar-refractivity contribution >= 4 is 5.91 Å². The Balaban J connectivity index is 3.36. The molecule has 0 rings (SSSR count). The van der Waals surface area contributed by atoms with Crippen LogP contribution in [0.2, 0.25) is 0 Å². The Bertz CT molecular complexity index is 184. The second kappa shape index (κ2) is 9.60. The van der Waals surface area contributed by atoms with Crippen LogP contribution in [0.3, 0.4) is 0 Å². The first-order chi connectivity index (χ1) is 7.56. The molecule has 4 nitrogen and oxygen atoms in total. The Morgan fingerprint density at radius 1 is 1.31 bits per heavy atom. The Kier molecular flexibility index (Phi) is 9.24. The summed E-state index contributed by atoms with van der Waals surface area (Å²) in [5, 5.41) is 5.99. The fourth-order valence-electron chi connectivity index (χ4n) is 1.40. The third kappa shape index (κ3) is 9.93. The van der Waals surface area contributed by atoms with Crippen molar-refractivity contribution in [1.29, 1.82) is 0 Å². The molecule has 1 unspecified atom stereocenters. The summed E-state index contributed by atoms with van der Waals surface area (Å²) in [6.45, 7) is 9.88. The third-order valence-corrected chi connectivity index (χ3v) is 2.14. The summed E-state index contributed by atoms with van der Waals surface area (Å²) >= 11 is 0. The number of rotatable bonds is 9. The number of hydrogen-bond acceptors (Lipinski definition) is 3. The number of carbonyl (C=O) groups is 1. The molecule has 0 aromatic carbocycles. The van der Waals surface area contributed by atoms with E-state index in [1.807, 2.05) is 20.8 Å². The van der Waals surface area contributed by atoms with Gasteiger partial charge in [-0.15, -0.1) is 0 Å². The van der Waals surface area contributed by atoms with E-state index in [1.165, 1.54) is 0 Å². The smallest absolute Gasteiger partial charge is 0.234 e. The maximum Gasteiger partial charge on any atom is 0.234 e. The fraction of sp³-hybridized carbons (Fsp3) is 0.917. The summed E-state index contributed by atoms with van der Waals surface area (Å²) < 4.78 is 5.35. The van der Waals surface area contributed by atoms with Gasteiger partial charge in [0, 0.05) is 12.6 Å². The molecule has 1 amide bonds. The number of nitrogens with one attached hydrogen (secondary N) is 2. The van der Waals surface area contributed by atoms with Crippen molar-refractivity contribution in [2.75, 3.05) is 19.7 Å². The molecule has 96 valence electrons. The van der Waals surface area contributed by atoms with Crippen LogP contribution in [0.4, 0.5) is 0 Å². The summed E-state index contributed by atoms with van der Waals surface area (Å²) in [5.74, 6) is 0.0606. The first-order valence-electron chi connectivity index (χ1n) is 6.18. The van der Waals surface area contributed by atoms with E-state index >= 15 is 0 Å². The lowest BCUT2D eigenvalue weighted by atomic mass is 10.2. The highest BCUT2D eigenvalue weighted by Gasteiger charge is 2.05. The molecule has 0 radical (unpaired) electrons. The summed E-state index contributed by atoms with van der Waals surface area (Å²) in [4.78, 5) is 11.4. The van der Waals surface area contributed by atoms with Gasteiger partial charge >= 0.3 is 0 Å². The lowest BCUT2D eigenvalue weighted by Gasteiger charge is -2.13. The molecule has 0 spiro atoms. The Morgan fingerprint density at radius 2 is 2.00 bits per heavy atom. The predicted molar refractivity (Wildman–Crippen MR) is 66.5 cm³/mol. The van der Waals surface area contributed by atoms with Crippen molar-refractivity contribution in [3.8, 4) is 0 Å². The molecule has 4 heteroatoms. The molecule has 0 heterocycles. The highest BCUT2D eigenvalue weighted by Crippen LogP contribution is 1.93. The van der Waals surface area contributed by atoms with Crippen LogP contribution in [0, 0.1) is 0 Å². The molecule has 1 atom stereocenters. The zero-order valence-electron chi connectivity index (χ0n) is 11.0. The van der Waals surface area contributed by atoms with E-state index in [1.54, 1.807) is 0 Å². The van der Waals surface area contributed by atoms with Gasteiger partial charge < -0.3 is 15.4 Å². The van der Waals surface area contributed by atoms with Crippen LogP contribution in [-0.4, -0.2) is 37.7 Å². The minimum Gasteiger partial charge on any atom is -0.377 e. The molecule has 0 aromatic heterocycles. The average molecular weight is 230 g/mol. The molecule has 0 aliphatic heterocycles. The normalized spacial score (nSPS) is 12.8. The van der Waals surface area contributed by atoms with Crippen molar-refractivity contribution in [3.63, 3.8) is 0 Å². The molecule has 0 saturated carbocycles. The number of ether oxygens (including phenoxy) is 1. The molecule has 0 aromatic rings. The summed E-state index contributed by atoms with van der Waals surface area (Å²) in [7, 11) is 0. The SMILES string of the molecule is CCCC(C)NC(=O)CNCCOC(C)C. The van der Waals surface area contributed by atoms with Gasteiger partial charge in [-0.2, -0.15) is 0 Å². The van der Waals surface area contributed by atoms with E-state index < -0.39 is 0 Å². The summed E-state index contributed by atoms with van der Waals surface area (Å²) in [6, 6.07) is 0.270. The van der Waals surface area contributed by atoms with Crippen molar-refractivity contribution in [1.82, 2.24) is 10.6 Å². The van der Waals surface area contributed by atoms with Gasteiger partial charge in [0.15, 0.2) is 0 Å². The maximum atomic E-state index is 11.4. The van der Waals surface area contributed by atoms with Gasteiger partial charge in [-0.1, -0.05) is 13.3 Å². The highest BCUT2D eigenvalue weighted by molar-refractivity contribution is 5.78. The minimum atomic E-state index is 0.0606.